The first-order chi connectivity index (χ1) is 12.5. The summed E-state index contributed by atoms with van der Waals surface area (Å²) in [6.07, 6.45) is 0. The van der Waals surface area contributed by atoms with Crippen molar-refractivity contribution in [3.63, 3.8) is 0 Å². The highest BCUT2D eigenvalue weighted by molar-refractivity contribution is 7.15. The average molecular weight is 389 g/mol. The maximum atomic E-state index is 12.0. The van der Waals surface area contributed by atoms with Crippen LogP contribution in [-0.4, -0.2) is 16.2 Å². The van der Waals surface area contributed by atoms with Crippen LogP contribution < -0.4 is 15.4 Å². The molecule has 6 nitrogen and oxygen atoms in total. The molecule has 0 aliphatic carbocycles. The third-order valence-corrected chi connectivity index (χ3v) is 4.60. The molecule has 1 aromatic heterocycles. The van der Waals surface area contributed by atoms with E-state index in [0.717, 1.165) is 16.9 Å². The van der Waals surface area contributed by atoms with Crippen molar-refractivity contribution >= 4 is 39.8 Å². The smallest absolute Gasteiger partial charge is 0.325 e. The summed E-state index contributed by atoms with van der Waals surface area (Å²) in [7, 11) is 0. The van der Waals surface area contributed by atoms with Crippen LogP contribution in [0.15, 0.2) is 42.5 Å². The summed E-state index contributed by atoms with van der Waals surface area (Å²) in [6, 6.07) is 12.4. The van der Waals surface area contributed by atoms with E-state index in [1.54, 1.807) is 24.3 Å². The van der Waals surface area contributed by atoms with E-state index in [-0.39, 0.29) is 0 Å². The molecule has 0 unspecified atom stereocenters. The number of aryl methyl sites for hydroxylation is 2. The number of ether oxygens (including phenoxy) is 1. The number of halogens is 1. The van der Waals surface area contributed by atoms with Gasteiger partial charge in [0, 0.05) is 10.7 Å². The largest absolute Gasteiger partial charge is 0.486 e. The Hall–Kier alpha value is -2.64. The Balaban J connectivity index is 1.56. The van der Waals surface area contributed by atoms with Crippen LogP contribution >= 0.6 is 22.9 Å². The molecular weight excluding hydrogens is 372 g/mol. The van der Waals surface area contributed by atoms with Crippen LogP contribution in [0.5, 0.6) is 5.75 Å². The fourth-order valence-electron chi connectivity index (χ4n) is 2.32. The van der Waals surface area contributed by atoms with Crippen LogP contribution in [0.3, 0.4) is 0 Å². The molecule has 2 amide bonds. The van der Waals surface area contributed by atoms with Crippen molar-refractivity contribution in [2.75, 3.05) is 10.6 Å². The quantitative estimate of drug-likeness (QED) is 0.642. The third kappa shape index (κ3) is 4.71. The molecule has 0 spiro atoms. The third-order valence-electron chi connectivity index (χ3n) is 3.54. The van der Waals surface area contributed by atoms with Crippen molar-refractivity contribution < 1.29 is 9.53 Å². The number of hydrogen-bond acceptors (Lipinski definition) is 5. The molecule has 0 saturated heterocycles. The zero-order valence-electron chi connectivity index (χ0n) is 14.2. The molecule has 0 bridgehead atoms. The SMILES string of the molecule is Cc1cccc(C)c1OCc1nnc(NC(=O)Nc2ccc(Cl)cc2)s1. The molecule has 1 heterocycles. The normalized spacial score (nSPS) is 10.4. The summed E-state index contributed by atoms with van der Waals surface area (Å²) in [5, 5.41) is 15.0. The second-order valence-corrected chi connectivity index (χ2v) is 7.10. The van der Waals surface area contributed by atoms with Gasteiger partial charge in [-0.25, -0.2) is 4.79 Å². The Bertz CT molecular complexity index is 892. The Kier molecular flexibility index (Phi) is 5.70. The molecular formula is C18H17ClN4O2S. The van der Waals surface area contributed by atoms with Crippen LogP contribution in [0.2, 0.25) is 5.02 Å². The van der Waals surface area contributed by atoms with Gasteiger partial charge in [0.05, 0.1) is 0 Å². The number of nitrogens with one attached hydrogen (secondary N) is 2. The van der Waals surface area contributed by atoms with E-state index in [4.69, 9.17) is 16.3 Å². The number of nitrogens with zero attached hydrogens (tertiary/aromatic N) is 2. The first-order valence-corrected chi connectivity index (χ1v) is 9.05. The number of para-hydroxylation sites is 1. The van der Waals surface area contributed by atoms with Gasteiger partial charge in [0.1, 0.15) is 12.4 Å². The summed E-state index contributed by atoms with van der Waals surface area (Å²) in [5.41, 5.74) is 2.76. The zero-order chi connectivity index (χ0) is 18.5. The second-order valence-electron chi connectivity index (χ2n) is 5.60. The van der Waals surface area contributed by atoms with Crippen LogP contribution in [0.4, 0.5) is 15.6 Å². The van der Waals surface area contributed by atoms with E-state index in [1.165, 1.54) is 11.3 Å². The standard InChI is InChI=1S/C18H17ClN4O2S/c1-11-4-3-5-12(2)16(11)25-10-15-22-23-18(26-15)21-17(24)20-14-8-6-13(19)7-9-14/h3-9H,10H2,1-2H3,(H2,20,21,23,24). The van der Waals surface area contributed by atoms with Crippen molar-refractivity contribution in [1.82, 2.24) is 10.2 Å². The Labute approximate surface area is 160 Å². The van der Waals surface area contributed by atoms with Crippen LogP contribution in [-0.2, 0) is 6.61 Å². The minimum Gasteiger partial charge on any atom is -0.486 e. The van der Waals surface area contributed by atoms with E-state index >= 15 is 0 Å². The highest BCUT2D eigenvalue weighted by Crippen LogP contribution is 2.24. The van der Waals surface area contributed by atoms with Crippen LogP contribution in [0.1, 0.15) is 16.1 Å². The van der Waals surface area contributed by atoms with E-state index in [9.17, 15) is 4.79 Å². The van der Waals surface area contributed by atoms with Gasteiger partial charge in [-0.3, -0.25) is 5.32 Å². The Morgan fingerprint density at radius 1 is 1.08 bits per heavy atom. The second kappa shape index (κ2) is 8.16. The molecule has 26 heavy (non-hydrogen) atoms. The predicted octanol–water partition coefficient (Wildman–Crippen LogP) is 5.03. The minimum absolute atomic E-state index is 0.295. The van der Waals surface area contributed by atoms with Gasteiger partial charge in [0.25, 0.3) is 0 Å². The van der Waals surface area contributed by atoms with Gasteiger partial charge >= 0.3 is 6.03 Å². The predicted molar refractivity (Wildman–Crippen MR) is 104 cm³/mol. The van der Waals surface area contributed by atoms with Crippen molar-refractivity contribution in [1.29, 1.82) is 0 Å². The Morgan fingerprint density at radius 2 is 1.77 bits per heavy atom. The van der Waals surface area contributed by atoms with Gasteiger partial charge in [-0.05, 0) is 49.2 Å². The van der Waals surface area contributed by atoms with Gasteiger partial charge in [0.15, 0.2) is 5.01 Å². The lowest BCUT2D eigenvalue weighted by atomic mass is 10.1. The van der Waals surface area contributed by atoms with E-state index in [2.05, 4.69) is 20.8 Å². The summed E-state index contributed by atoms with van der Waals surface area (Å²) < 4.78 is 5.85. The maximum absolute atomic E-state index is 12.0. The molecule has 0 aliphatic heterocycles. The summed E-state index contributed by atoms with van der Waals surface area (Å²) in [4.78, 5) is 12.0. The number of amides is 2. The molecule has 3 aromatic rings. The molecule has 0 atom stereocenters. The van der Waals surface area contributed by atoms with Gasteiger partial charge in [-0.1, -0.05) is 41.1 Å². The summed E-state index contributed by atoms with van der Waals surface area (Å²) in [5.74, 6) is 0.845. The van der Waals surface area contributed by atoms with Crippen LogP contribution in [0.25, 0.3) is 0 Å². The van der Waals surface area contributed by atoms with Gasteiger partial charge in [0.2, 0.25) is 5.13 Å². The molecule has 0 radical (unpaired) electrons. The average Bonchev–Trinajstić information content (AvgIpc) is 3.04. The lowest BCUT2D eigenvalue weighted by Gasteiger charge is -2.10. The number of urea groups is 1. The monoisotopic (exact) mass is 388 g/mol. The molecule has 0 saturated carbocycles. The topological polar surface area (TPSA) is 76.1 Å². The molecule has 2 N–H and O–H groups in total. The van der Waals surface area contributed by atoms with Gasteiger partial charge in [-0.15, -0.1) is 10.2 Å². The van der Waals surface area contributed by atoms with Gasteiger partial charge < -0.3 is 10.1 Å². The van der Waals surface area contributed by atoms with Crippen molar-refractivity contribution in [2.24, 2.45) is 0 Å². The van der Waals surface area contributed by atoms with Gasteiger partial charge in [-0.2, -0.15) is 0 Å². The lowest BCUT2D eigenvalue weighted by molar-refractivity contribution is 0.262. The number of benzene rings is 2. The summed E-state index contributed by atoms with van der Waals surface area (Å²) >= 11 is 7.08. The van der Waals surface area contributed by atoms with E-state index in [1.807, 2.05) is 32.0 Å². The van der Waals surface area contributed by atoms with E-state index in [0.29, 0.717) is 27.5 Å². The van der Waals surface area contributed by atoms with Crippen LogP contribution in [0, 0.1) is 13.8 Å². The molecule has 3 rings (SSSR count). The van der Waals surface area contributed by atoms with Crippen molar-refractivity contribution in [2.45, 2.75) is 20.5 Å². The molecule has 134 valence electrons. The lowest BCUT2D eigenvalue weighted by Crippen LogP contribution is -2.19. The number of carbonyl (C=O) groups is 1. The number of aromatic nitrogens is 2. The number of hydrogen-bond donors (Lipinski definition) is 2. The zero-order valence-corrected chi connectivity index (χ0v) is 15.8. The minimum atomic E-state index is -0.398. The van der Waals surface area contributed by atoms with Crippen molar-refractivity contribution in [3.8, 4) is 5.75 Å². The molecule has 2 aromatic carbocycles. The molecule has 8 heteroatoms. The first-order valence-electron chi connectivity index (χ1n) is 7.86. The first kappa shape index (κ1) is 18.2. The number of anilines is 2. The fraction of sp³-hybridized carbons (Fsp3) is 0.167. The summed E-state index contributed by atoms with van der Waals surface area (Å²) in [6.45, 7) is 4.29. The van der Waals surface area contributed by atoms with E-state index < -0.39 is 6.03 Å². The fourth-order valence-corrected chi connectivity index (χ4v) is 3.09. The number of carbonyl (C=O) groups excluding carboxylic acids is 1. The molecule has 0 aliphatic rings. The highest BCUT2D eigenvalue weighted by Gasteiger charge is 2.10. The maximum Gasteiger partial charge on any atom is 0.325 e. The number of rotatable bonds is 5. The molecule has 0 fully saturated rings. The highest BCUT2D eigenvalue weighted by atomic mass is 35.5. The van der Waals surface area contributed by atoms with Crippen molar-refractivity contribution in [3.05, 3.63) is 63.6 Å². The Morgan fingerprint density at radius 3 is 2.46 bits per heavy atom.